The molecule has 0 aromatic heterocycles. The van der Waals surface area contributed by atoms with E-state index in [0.29, 0.717) is 21.3 Å². The molecule has 0 radical (unpaired) electrons. The van der Waals surface area contributed by atoms with Crippen LogP contribution in [0.5, 0.6) is 0 Å². The number of anilines is 1. The SMILES string of the molecule is C[C@H](NC(=O)c1cc(N)cc(Cl)c1)c1ccc(Cl)cc1. The molecule has 0 unspecified atom stereocenters. The molecule has 20 heavy (non-hydrogen) atoms. The molecular formula is C15H14Cl2N2O. The summed E-state index contributed by atoms with van der Waals surface area (Å²) >= 11 is 11.7. The van der Waals surface area contributed by atoms with E-state index in [2.05, 4.69) is 5.32 Å². The summed E-state index contributed by atoms with van der Waals surface area (Å²) in [5.74, 6) is -0.221. The summed E-state index contributed by atoms with van der Waals surface area (Å²) in [5, 5.41) is 3.99. The fraction of sp³-hybridized carbons (Fsp3) is 0.133. The smallest absolute Gasteiger partial charge is 0.251 e. The third-order valence-electron chi connectivity index (χ3n) is 2.90. The van der Waals surface area contributed by atoms with Gasteiger partial charge in [0.1, 0.15) is 0 Å². The zero-order valence-electron chi connectivity index (χ0n) is 10.9. The first-order valence-corrected chi connectivity index (χ1v) is 6.83. The number of nitrogens with two attached hydrogens (primary N) is 1. The Morgan fingerprint density at radius 1 is 1.10 bits per heavy atom. The predicted octanol–water partition coefficient (Wildman–Crippen LogP) is 4.07. The highest BCUT2D eigenvalue weighted by atomic mass is 35.5. The molecule has 3 nitrogen and oxygen atoms in total. The average Bonchev–Trinajstić information content (AvgIpc) is 2.38. The van der Waals surface area contributed by atoms with E-state index in [-0.39, 0.29) is 11.9 Å². The van der Waals surface area contributed by atoms with Crippen molar-refractivity contribution >= 4 is 34.8 Å². The molecule has 0 heterocycles. The largest absolute Gasteiger partial charge is 0.399 e. The number of nitrogen functional groups attached to an aromatic ring is 1. The van der Waals surface area contributed by atoms with Gasteiger partial charge in [-0.2, -0.15) is 0 Å². The Balaban J connectivity index is 2.12. The first kappa shape index (κ1) is 14.7. The molecule has 3 N–H and O–H groups in total. The molecule has 0 bridgehead atoms. The Labute approximate surface area is 127 Å². The third-order valence-corrected chi connectivity index (χ3v) is 3.37. The van der Waals surface area contributed by atoms with Crippen LogP contribution in [0.25, 0.3) is 0 Å². The van der Waals surface area contributed by atoms with Crippen molar-refractivity contribution in [3.8, 4) is 0 Å². The standard InChI is InChI=1S/C15H14Cl2N2O/c1-9(10-2-4-12(16)5-3-10)19-15(20)11-6-13(17)8-14(18)7-11/h2-9H,18H2,1H3,(H,19,20)/t9-/m0/s1. The maximum Gasteiger partial charge on any atom is 0.251 e. The number of benzene rings is 2. The van der Waals surface area contributed by atoms with Gasteiger partial charge in [-0.05, 0) is 42.8 Å². The minimum atomic E-state index is -0.221. The van der Waals surface area contributed by atoms with Gasteiger partial charge in [0.05, 0.1) is 6.04 Å². The van der Waals surface area contributed by atoms with E-state index in [1.165, 1.54) is 0 Å². The summed E-state index contributed by atoms with van der Waals surface area (Å²) in [6.07, 6.45) is 0. The lowest BCUT2D eigenvalue weighted by Gasteiger charge is -2.15. The second-order valence-electron chi connectivity index (χ2n) is 4.52. The third kappa shape index (κ3) is 3.65. The molecule has 0 spiro atoms. The van der Waals surface area contributed by atoms with E-state index in [4.69, 9.17) is 28.9 Å². The van der Waals surface area contributed by atoms with Crippen molar-refractivity contribution in [2.45, 2.75) is 13.0 Å². The van der Waals surface area contributed by atoms with Gasteiger partial charge in [0.15, 0.2) is 0 Å². The van der Waals surface area contributed by atoms with Gasteiger partial charge >= 0.3 is 0 Å². The van der Waals surface area contributed by atoms with Crippen LogP contribution < -0.4 is 11.1 Å². The summed E-state index contributed by atoms with van der Waals surface area (Å²) < 4.78 is 0. The highest BCUT2D eigenvalue weighted by molar-refractivity contribution is 6.31. The zero-order chi connectivity index (χ0) is 14.7. The van der Waals surface area contributed by atoms with Crippen LogP contribution in [0.15, 0.2) is 42.5 Å². The Hall–Kier alpha value is -1.71. The number of rotatable bonds is 3. The van der Waals surface area contributed by atoms with Crippen molar-refractivity contribution in [1.82, 2.24) is 5.32 Å². The molecule has 2 aromatic carbocycles. The van der Waals surface area contributed by atoms with Crippen LogP contribution in [0.3, 0.4) is 0 Å². The van der Waals surface area contributed by atoms with Gasteiger partial charge in [0, 0.05) is 21.3 Å². The van der Waals surface area contributed by atoms with Crippen molar-refractivity contribution < 1.29 is 4.79 Å². The van der Waals surface area contributed by atoms with Crippen LogP contribution in [0.1, 0.15) is 28.9 Å². The molecule has 1 atom stereocenters. The Morgan fingerprint density at radius 3 is 2.35 bits per heavy atom. The molecule has 0 aliphatic rings. The minimum Gasteiger partial charge on any atom is -0.399 e. The highest BCUT2D eigenvalue weighted by Crippen LogP contribution is 2.19. The van der Waals surface area contributed by atoms with Gasteiger partial charge in [-0.3, -0.25) is 4.79 Å². The number of hydrogen-bond donors (Lipinski definition) is 2. The first-order chi connectivity index (χ1) is 9.45. The minimum absolute atomic E-state index is 0.139. The summed E-state index contributed by atoms with van der Waals surface area (Å²) in [6, 6.07) is 12.0. The van der Waals surface area contributed by atoms with Gasteiger partial charge in [0.25, 0.3) is 5.91 Å². The van der Waals surface area contributed by atoms with Crippen LogP contribution in [0.2, 0.25) is 10.0 Å². The van der Waals surface area contributed by atoms with Crippen molar-refractivity contribution in [1.29, 1.82) is 0 Å². The molecule has 0 aliphatic heterocycles. The van der Waals surface area contributed by atoms with Crippen molar-refractivity contribution in [2.24, 2.45) is 0 Å². The molecule has 2 aromatic rings. The average molecular weight is 309 g/mol. The Morgan fingerprint density at radius 2 is 1.75 bits per heavy atom. The molecule has 1 amide bonds. The van der Waals surface area contributed by atoms with E-state index in [1.807, 2.05) is 19.1 Å². The number of carbonyl (C=O) groups is 1. The molecule has 5 heteroatoms. The molecular weight excluding hydrogens is 295 g/mol. The van der Waals surface area contributed by atoms with Crippen LogP contribution in [-0.2, 0) is 0 Å². The monoisotopic (exact) mass is 308 g/mol. The van der Waals surface area contributed by atoms with E-state index in [1.54, 1.807) is 30.3 Å². The Bertz CT molecular complexity index is 606. The van der Waals surface area contributed by atoms with Gasteiger partial charge < -0.3 is 11.1 Å². The summed E-state index contributed by atoms with van der Waals surface area (Å²) in [5.41, 5.74) is 7.55. The van der Waals surface area contributed by atoms with Gasteiger partial charge in [-0.25, -0.2) is 0 Å². The number of nitrogens with one attached hydrogen (secondary N) is 1. The topological polar surface area (TPSA) is 55.1 Å². The van der Waals surface area contributed by atoms with E-state index >= 15 is 0 Å². The van der Waals surface area contributed by atoms with E-state index in [9.17, 15) is 4.79 Å². The molecule has 0 saturated heterocycles. The van der Waals surface area contributed by atoms with Crippen molar-refractivity contribution in [3.63, 3.8) is 0 Å². The van der Waals surface area contributed by atoms with E-state index in [0.717, 1.165) is 5.56 Å². The second kappa shape index (κ2) is 6.16. The maximum absolute atomic E-state index is 12.1. The lowest BCUT2D eigenvalue weighted by atomic mass is 10.1. The number of carbonyl (C=O) groups excluding carboxylic acids is 1. The fourth-order valence-corrected chi connectivity index (χ4v) is 2.23. The van der Waals surface area contributed by atoms with E-state index < -0.39 is 0 Å². The van der Waals surface area contributed by atoms with Crippen LogP contribution in [0.4, 0.5) is 5.69 Å². The van der Waals surface area contributed by atoms with Crippen molar-refractivity contribution in [2.75, 3.05) is 5.73 Å². The molecule has 0 aliphatic carbocycles. The molecule has 2 rings (SSSR count). The van der Waals surface area contributed by atoms with Crippen molar-refractivity contribution in [3.05, 3.63) is 63.6 Å². The number of amides is 1. The summed E-state index contributed by atoms with van der Waals surface area (Å²) in [4.78, 5) is 12.1. The van der Waals surface area contributed by atoms with Gasteiger partial charge in [-0.15, -0.1) is 0 Å². The normalized spacial score (nSPS) is 11.9. The quantitative estimate of drug-likeness (QED) is 0.840. The molecule has 0 fully saturated rings. The maximum atomic E-state index is 12.1. The first-order valence-electron chi connectivity index (χ1n) is 6.08. The number of hydrogen-bond acceptors (Lipinski definition) is 2. The van der Waals surface area contributed by atoms with Crippen LogP contribution in [0, 0.1) is 0 Å². The van der Waals surface area contributed by atoms with Crippen LogP contribution >= 0.6 is 23.2 Å². The summed E-state index contributed by atoms with van der Waals surface area (Å²) in [7, 11) is 0. The molecule has 104 valence electrons. The second-order valence-corrected chi connectivity index (χ2v) is 5.39. The lowest BCUT2D eigenvalue weighted by Crippen LogP contribution is -2.26. The summed E-state index contributed by atoms with van der Waals surface area (Å²) in [6.45, 7) is 1.90. The fourth-order valence-electron chi connectivity index (χ4n) is 1.86. The van der Waals surface area contributed by atoms with Gasteiger partial charge in [-0.1, -0.05) is 35.3 Å². The van der Waals surface area contributed by atoms with Gasteiger partial charge in [0.2, 0.25) is 0 Å². The Kier molecular flexibility index (Phi) is 4.53. The highest BCUT2D eigenvalue weighted by Gasteiger charge is 2.12. The number of halogens is 2. The van der Waals surface area contributed by atoms with Crippen LogP contribution in [-0.4, -0.2) is 5.91 Å². The predicted molar refractivity (Wildman–Crippen MR) is 83.2 cm³/mol. The molecule has 0 saturated carbocycles. The zero-order valence-corrected chi connectivity index (χ0v) is 12.4. The lowest BCUT2D eigenvalue weighted by molar-refractivity contribution is 0.0940.